The molecule has 0 bridgehead atoms. The Kier molecular flexibility index (Phi) is 7.77. The van der Waals surface area contributed by atoms with E-state index in [1.165, 1.54) is 18.2 Å². The van der Waals surface area contributed by atoms with E-state index in [0.717, 1.165) is 22.6 Å². The average molecular weight is 458 g/mol. The van der Waals surface area contributed by atoms with Gasteiger partial charge in [-0.05, 0) is 44.2 Å². The Morgan fingerprint density at radius 3 is 2.53 bits per heavy atom. The van der Waals surface area contributed by atoms with Gasteiger partial charge in [0.05, 0.1) is 17.1 Å². The number of aryl methyl sites for hydroxylation is 1. The summed E-state index contributed by atoms with van der Waals surface area (Å²) in [6.07, 6.45) is 2.81. The normalized spacial score (nSPS) is 11.2. The average Bonchev–Trinajstić information content (AvgIpc) is 3.06. The number of para-hydroxylation sites is 2. The van der Waals surface area contributed by atoms with Crippen LogP contribution in [0.4, 0.5) is 14.5 Å². The standard InChI is InChI=1S/C23H21F2N3O3S/c1-15-18(16(2)28(27-15)17-8-4-3-5-9-17)12-13-22(30)31-14-21(29)26-19-10-6-7-11-20(19)32-23(24)25/h3-13,23H,14H2,1-2H3,(H,26,29)/b13-12+. The van der Waals surface area contributed by atoms with Crippen LogP contribution >= 0.6 is 11.8 Å². The molecule has 3 rings (SSSR count). The van der Waals surface area contributed by atoms with E-state index in [9.17, 15) is 18.4 Å². The summed E-state index contributed by atoms with van der Waals surface area (Å²) < 4.78 is 32.0. The number of alkyl halides is 2. The minimum absolute atomic E-state index is 0.225. The number of nitrogens with one attached hydrogen (secondary N) is 1. The van der Waals surface area contributed by atoms with Gasteiger partial charge in [0.15, 0.2) is 6.61 Å². The van der Waals surface area contributed by atoms with Crippen LogP contribution in [-0.4, -0.2) is 34.0 Å². The molecule has 0 saturated heterocycles. The van der Waals surface area contributed by atoms with Gasteiger partial charge in [0.1, 0.15) is 0 Å². The van der Waals surface area contributed by atoms with E-state index >= 15 is 0 Å². The number of ether oxygens (including phenoxy) is 1. The Labute approximate surface area is 188 Å². The van der Waals surface area contributed by atoms with E-state index in [-0.39, 0.29) is 10.6 Å². The summed E-state index contributed by atoms with van der Waals surface area (Å²) in [5.74, 6) is -3.95. The third-order valence-corrected chi connectivity index (χ3v) is 5.24. The van der Waals surface area contributed by atoms with Crippen LogP contribution in [0.15, 0.2) is 65.6 Å². The number of nitrogens with zero attached hydrogens (tertiary/aromatic N) is 2. The van der Waals surface area contributed by atoms with Crippen LogP contribution in [0.1, 0.15) is 17.0 Å². The van der Waals surface area contributed by atoms with Crippen molar-refractivity contribution in [1.82, 2.24) is 9.78 Å². The van der Waals surface area contributed by atoms with Crippen molar-refractivity contribution in [3.05, 3.63) is 77.6 Å². The molecule has 0 fully saturated rings. The summed E-state index contributed by atoms with van der Waals surface area (Å²) in [7, 11) is 0. The fourth-order valence-electron chi connectivity index (χ4n) is 3.01. The third-order valence-electron chi connectivity index (χ3n) is 4.46. The van der Waals surface area contributed by atoms with Gasteiger partial charge in [-0.25, -0.2) is 9.48 Å². The van der Waals surface area contributed by atoms with Gasteiger partial charge in [-0.1, -0.05) is 42.1 Å². The molecule has 166 valence electrons. The fraction of sp³-hybridized carbons (Fsp3) is 0.174. The van der Waals surface area contributed by atoms with Crippen LogP contribution in [-0.2, 0) is 14.3 Å². The van der Waals surface area contributed by atoms with Crippen LogP contribution in [0.5, 0.6) is 0 Å². The number of esters is 1. The van der Waals surface area contributed by atoms with E-state index in [4.69, 9.17) is 4.74 Å². The Morgan fingerprint density at radius 2 is 1.81 bits per heavy atom. The molecule has 6 nitrogen and oxygen atoms in total. The highest BCUT2D eigenvalue weighted by Gasteiger charge is 2.14. The SMILES string of the molecule is Cc1nn(-c2ccccc2)c(C)c1/C=C/C(=O)OCC(=O)Nc1ccccc1SC(F)F. The zero-order valence-electron chi connectivity index (χ0n) is 17.4. The van der Waals surface area contributed by atoms with E-state index in [1.807, 2.05) is 44.2 Å². The van der Waals surface area contributed by atoms with Gasteiger partial charge in [0, 0.05) is 22.2 Å². The second-order valence-electron chi connectivity index (χ2n) is 6.70. The van der Waals surface area contributed by atoms with Crippen molar-refractivity contribution < 1.29 is 23.1 Å². The number of rotatable bonds is 8. The molecule has 1 aromatic heterocycles. The van der Waals surface area contributed by atoms with Crippen LogP contribution in [0.3, 0.4) is 0 Å². The van der Waals surface area contributed by atoms with E-state index in [2.05, 4.69) is 10.4 Å². The van der Waals surface area contributed by atoms with Crippen LogP contribution < -0.4 is 5.32 Å². The molecule has 32 heavy (non-hydrogen) atoms. The van der Waals surface area contributed by atoms with Gasteiger partial charge >= 0.3 is 5.97 Å². The zero-order valence-corrected chi connectivity index (χ0v) is 18.2. The van der Waals surface area contributed by atoms with Crippen LogP contribution in [0.2, 0.25) is 0 Å². The summed E-state index contributed by atoms with van der Waals surface area (Å²) >= 11 is 0.325. The number of halogens is 2. The first-order chi connectivity index (χ1) is 15.3. The van der Waals surface area contributed by atoms with Crippen molar-refractivity contribution in [2.45, 2.75) is 24.5 Å². The number of carbonyl (C=O) groups excluding carboxylic acids is 2. The molecule has 0 spiro atoms. The van der Waals surface area contributed by atoms with Crippen LogP contribution in [0.25, 0.3) is 11.8 Å². The van der Waals surface area contributed by atoms with Crippen molar-refractivity contribution in [2.24, 2.45) is 0 Å². The molecule has 9 heteroatoms. The molecule has 0 saturated carbocycles. The first-order valence-corrected chi connectivity index (χ1v) is 10.5. The molecule has 0 aliphatic carbocycles. The molecule has 0 radical (unpaired) electrons. The van der Waals surface area contributed by atoms with E-state index in [1.54, 1.807) is 22.9 Å². The van der Waals surface area contributed by atoms with Crippen molar-refractivity contribution in [3.8, 4) is 5.69 Å². The number of benzene rings is 2. The van der Waals surface area contributed by atoms with Crippen molar-refractivity contribution in [3.63, 3.8) is 0 Å². The highest BCUT2D eigenvalue weighted by atomic mass is 32.2. The minimum atomic E-state index is -2.62. The Hall–Kier alpha value is -3.46. The van der Waals surface area contributed by atoms with Gasteiger partial charge in [-0.2, -0.15) is 13.9 Å². The zero-order chi connectivity index (χ0) is 23.1. The van der Waals surface area contributed by atoms with Gasteiger partial charge in [-0.3, -0.25) is 4.79 Å². The lowest BCUT2D eigenvalue weighted by molar-refractivity contribution is -0.142. The van der Waals surface area contributed by atoms with Crippen molar-refractivity contribution >= 4 is 35.4 Å². The van der Waals surface area contributed by atoms with Crippen LogP contribution in [0, 0.1) is 13.8 Å². The number of amides is 1. The maximum absolute atomic E-state index is 12.6. The summed E-state index contributed by atoms with van der Waals surface area (Å²) in [6.45, 7) is 3.18. The van der Waals surface area contributed by atoms with Gasteiger partial charge < -0.3 is 10.1 Å². The Bertz CT molecular complexity index is 1130. The lowest BCUT2D eigenvalue weighted by Gasteiger charge is -2.10. The number of aromatic nitrogens is 2. The summed E-state index contributed by atoms with van der Waals surface area (Å²) in [4.78, 5) is 24.4. The molecule has 1 heterocycles. The fourth-order valence-corrected chi connectivity index (χ4v) is 3.60. The molecule has 0 aliphatic heterocycles. The number of anilines is 1. The predicted octanol–water partition coefficient (Wildman–Crippen LogP) is 5.00. The first kappa shape index (κ1) is 23.2. The predicted molar refractivity (Wildman–Crippen MR) is 120 cm³/mol. The third kappa shape index (κ3) is 6.04. The topological polar surface area (TPSA) is 73.2 Å². The molecule has 1 N–H and O–H groups in total. The number of hydrogen-bond acceptors (Lipinski definition) is 5. The number of thioether (sulfide) groups is 1. The molecular weight excluding hydrogens is 436 g/mol. The highest BCUT2D eigenvalue weighted by molar-refractivity contribution is 7.99. The van der Waals surface area contributed by atoms with Gasteiger partial charge in [0.25, 0.3) is 11.7 Å². The smallest absolute Gasteiger partial charge is 0.331 e. The van der Waals surface area contributed by atoms with Crippen molar-refractivity contribution in [2.75, 3.05) is 11.9 Å². The minimum Gasteiger partial charge on any atom is -0.452 e. The van der Waals surface area contributed by atoms with Crippen molar-refractivity contribution in [1.29, 1.82) is 0 Å². The molecule has 0 atom stereocenters. The van der Waals surface area contributed by atoms with Gasteiger partial charge in [-0.15, -0.1) is 0 Å². The molecule has 0 aliphatic rings. The summed E-state index contributed by atoms with van der Waals surface area (Å²) in [5, 5.41) is 6.98. The van der Waals surface area contributed by atoms with E-state index in [0.29, 0.717) is 11.8 Å². The molecule has 2 aromatic carbocycles. The van der Waals surface area contributed by atoms with Gasteiger partial charge in [0.2, 0.25) is 0 Å². The van der Waals surface area contributed by atoms with E-state index < -0.39 is 24.2 Å². The quantitative estimate of drug-likeness (QED) is 0.293. The molecule has 0 unspecified atom stereocenters. The lowest BCUT2D eigenvalue weighted by Crippen LogP contribution is -2.20. The molecule has 3 aromatic rings. The Morgan fingerprint density at radius 1 is 1.12 bits per heavy atom. The maximum Gasteiger partial charge on any atom is 0.331 e. The largest absolute Gasteiger partial charge is 0.452 e. The second-order valence-corrected chi connectivity index (χ2v) is 7.73. The lowest BCUT2D eigenvalue weighted by atomic mass is 10.2. The number of carbonyl (C=O) groups is 2. The first-order valence-electron chi connectivity index (χ1n) is 9.65. The summed E-state index contributed by atoms with van der Waals surface area (Å²) in [6, 6.07) is 15.8. The number of hydrogen-bond donors (Lipinski definition) is 1. The molecular formula is C23H21F2N3O3S. The monoisotopic (exact) mass is 457 g/mol. The Balaban J connectivity index is 1.59. The summed E-state index contributed by atoms with van der Waals surface area (Å²) in [5.41, 5.74) is 3.49. The molecule has 1 amide bonds. The highest BCUT2D eigenvalue weighted by Crippen LogP contribution is 2.31. The second kappa shape index (κ2) is 10.7. The maximum atomic E-state index is 12.6.